The van der Waals surface area contributed by atoms with Crippen LogP contribution in [-0.2, 0) is 13.7 Å². The maximum atomic E-state index is 5.11. The molecule has 0 bridgehead atoms. The van der Waals surface area contributed by atoms with E-state index in [4.69, 9.17) is 13.7 Å². The second kappa shape index (κ2) is 4.11. The van der Waals surface area contributed by atoms with Gasteiger partial charge in [-0.05, 0) is 20.5 Å². The third-order valence-electron chi connectivity index (χ3n) is 1.15. The molecule has 1 heterocycles. The van der Waals surface area contributed by atoms with Crippen molar-refractivity contribution in [3.63, 3.8) is 0 Å². The average Bonchev–Trinajstić information content (AvgIpc) is 1.59. The summed E-state index contributed by atoms with van der Waals surface area (Å²) in [6.07, 6.45) is 0. The summed E-state index contributed by atoms with van der Waals surface area (Å²) in [6, 6.07) is 0. The van der Waals surface area contributed by atoms with Crippen molar-refractivity contribution in [1.29, 1.82) is 0 Å². The first kappa shape index (κ1) is 10.1. The van der Waals surface area contributed by atoms with Crippen molar-refractivity contribution in [2.24, 2.45) is 0 Å². The Balaban J connectivity index is 0.000000810. The van der Waals surface area contributed by atoms with Crippen LogP contribution in [0.25, 0.3) is 0 Å². The highest BCUT2D eigenvalue weighted by Gasteiger charge is 2.31. The molecule has 0 aromatic heterocycles. The zero-order valence-electron chi connectivity index (χ0n) is 5.96. The van der Waals surface area contributed by atoms with Crippen LogP contribution < -0.4 is 0 Å². The molecule has 0 saturated carbocycles. The molecule has 7 heteroatoms. The van der Waals surface area contributed by atoms with E-state index in [2.05, 4.69) is 0 Å². The van der Waals surface area contributed by atoms with Gasteiger partial charge >= 0.3 is 21.4 Å². The van der Waals surface area contributed by atoms with Gasteiger partial charge in [0.25, 0.3) is 0 Å². The Labute approximate surface area is 64.8 Å². The first-order valence-electron chi connectivity index (χ1n) is 3.15. The van der Waals surface area contributed by atoms with E-state index in [9.17, 15) is 0 Å². The van der Waals surface area contributed by atoms with Crippen LogP contribution in [0.3, 0.4) is 0 Å². The largest absolute Gasteiger partial charge is 0.453 e. The molecule has 1 rings (SSSR count). The van der Waals surface area contributed by atoms with Gasteiger partial charge in [-0.15, -0.1) is 0 Å². The minimum atomic E-state index is -0.135. The summed E-state index contributed by atoms with van der Waals surface area (Å²) in [5.74, 6) is 0. The van der Waals surface area contributed by atoms with Crippen LogP contribution in [0.1, 0.15) is 0 Å². The molecule has 54 valence electrons. The zero-order chi connectivity index (χ0) is 6.85. The highest BCUT2D eigenvalue weighted by molar-refractivity contribution is 6.72. The fourth-order valence-corrected chi connectivity index (χ4v) is 0.906. The van der Waals surface area contributed by atoms with Crippen LogP contribution in [0.15, 0.2) is 0 Å². The van der Waals surface area contributed by atoms with Gasteiger partial charge < -0.3 is 13.7 Å². The Morgan fingerprint density at radius 3 is 1.10 bits per heavy atom. The molecular weight excluding hydrogens is 127 g/mol. The third-order valence-corrected chi connectivity index (χ3v) is 1.15. The van der Waals surface area contributed by atoms with Crippen LogP contribution >= 0.6 is 0 Å². The molecule has 0 amide bonds. The van der Waals surface area contributed by atoms with Gasteiger partial charge in [0.1, 0.15) is 0 Å². The average molecular weight is 139 g/mol. The molecule has 0 aliphatic carbocycles. The number of hydrogen-bond donors (Lipinski definition) is 0. The maximum absolute atomic E-state index is 5.11. The highest BCUT2D eigenvalue weighted by Crippen LogP contribution is 2.06. The predicted molar refractivity (Wildman–Crippen MR) is 48.0 cm³/mol. The lowest BCUT2D eigenvalue weighted by molar-refractivity contribution is 0.294. The van der Waals surface area contributed by atoms with Crippen LogP contribution in [-0.4, -0.2) is 29.8 Å². The second-order valence-corrected chi connectivity index (χ2v) is 2.11. The third kappa shape index (κ3) is 2.82. The summed E-state index contributed by atoms with van der Waals surface area (Å²) in [5.41, 5.74) is 0. The van der Waals surface area contributed by atoms with E-state index in [0.29, 0.717) is 0 Å². The molecule has 1 saturated heterocycles. The van der Waals surface area contributed by atoms with Gasteiger partial charge in [-0.2, -0.15) is 0 Å². The number of rotatable bonds is 0. The molecule has 0 unspecified atom stereocenters. The van der Waals surface area contributed by atoms with Crippen molar-refractivity contribution in [2.75, 3.05) is 0 Å². The van der Waals surface area contributed by atoms with Gasteiger partial charge in [-0.25, -0.2) is 0 Å². The van der Waals surface area contributed by atoms with E-state index in [-0.39, 0.29) is 29.8 Å². The first-order valence-corrected chi connectivity index (χ1v) is 3.15. The van der Waals surface area contributed by atoms with Crippen molar-refractivity contribution >= 4 is 29.8 Å². The molecule has 1 aliphatic rings. The summed E-state index contributed by atoms with van der Waals surface area (Å²) in [5, 5.41) is 0. The van der Waals surface area contributed by atoms with Crippen molar-refractivity contribution < 1.29 is 13.7 Å². The maximum Gasteiger partial charge on any atom is 0.426 e. The molecular formula is C3H12B4O3. The summed E-state index contributed by atoms with van der Waals surface area (Å²) < 4.78 is 15.3. The second-order valence-electron chi connectivity index (χ2n) is 2.11. The van der Waals surface area contributed by atoms with Crippen LogP contribution in [0.4, 0.5) is 0 Å². The normalized spacial score (nSPS) is 18.9. The molecule has 0 atom stereocenters. The zero-order valence-corrected chi connectivity index (χ0v) is 5.96. The Bertz CT molecular complexity index is 76.7. The van der Waals surface area contributed by atoms with E-state index in [1.807, 2.05) is 20.5 Å². The van der Waals surface area contributed by atoms with Crippen molar-refractivity contribution in [3.05, 3.63) is 0 Å². The molecule has 0 radical (unpaired) electrons. The van der Waals surface area contributed by atoms with Gasteiger partial charge in [0.05, 0.1) is 8.41 Å². The molecule has 1 aliphatic heterocycles. The lowest BCUT2D eigenvalue weighted by atomic mass is 9.74. The minimum absolute atomic E-state index is 0. The Hall–Kier alpha value is 0.140. The van der Waals surface area contributed by atoms with Crippen molar-refractivity contribution in [3.8, 4) is 0 Å². The van der Waals surface area contributed by atoms with Crippen LogP contribution in [0, 0.1) is 0 Å². The lowest BCUT2D eigenvalue weighted by Crippen LogP contribution is -2.44. The first-order chi connectivity index (χ1) is 4.18. The molecule has 10 heavy (non-hydrogen) atoms. The lowest BCUT2D eigenvalue weighted by Gasteiger charge is -2.25. The highest BCUT2D eigenvalue weighted by atomic mass is 16.7. The van der Waals surface area contributed by atoms with Crippen molar-refractivity contribution in [2.45, 2.75) is 20.5 Å². The summed E-state index contributed by atoms with van der Waals surface area (Å²) in [4.78, 5) is 0. The van der Waals surface area contributed by atoms with Crippen LogP contribution in [0.2, 0.25) is 20.5 Å². The molecule has 3 nitrogen and oxygen atoms in total. The molecule has 0 aromatic rings. The van der Waals surface area contributed by atoms with Gasteiger partial charge in [0.2, 0.25) is 0 Å². The Morgan fingerprint density at radius 1 is 0.700 bits per heavy atom. The van der Waals surface area contributed by atoms with Gasteiger partial charge in [0, 0.05) is 0 Å². The summed E-state index contributed by atoms with van der Waals surface area (Å²) in [6.45, 7) is 5.57. The predicted octanol–water partition coefficient (Wildman–Crippen LogP) is -0.780. The molecule has 0 spiro atoms. The van der Waals surface area contributed by atoms with E-state index < -0.39 is 0 Å². The molecule has 1 fully saturated rings. The SMILES string of the molecule is B.CB1OB(C)OB(C)O1. The van der Waals surface area contributed by atoms with E-state index in [1.54, 1.807) is 0 Å². The minimum Gasteiger partial charge on any atom is -0.453 e. The van der Waals surface area contributed by atoms with Crippen LogP contribution in [0.5, 0.6) is 0 Å². The monoisotopic (exact) mass is 140 g/mol. The quantitative estimate of drug-likeness (QED) is 0.412. The van der Waals surface area contributed by atoms with Gasteiger partial charge in [-0.3, -0.25) is 0 Å². The smallest absolute Gasteiger partial charge is 0.426 e. The fraction of sp³-hybridized carbons (Fsp3) is 1.00. The fourth-order valence-electron chi connectivity index (χ4n) is 0.906. The summed E-state index contributed by atoms with van der Waals surface area (Å²) >= 11 is 0. The summed E-state index contributed by atoms with van der Waals surface area (Å²) in [7, 11) is -0.406. The van der Waals surface area contributed by atoms with Crippen molar-refractivity contribution in [1.82, 2.24) is 0 Å². The molecule has 0 N–H and O–H groups in total. The van der Waals surface area contributed by atoms with Gasteiger partial charge in [0.15, 0.2) is 0 Å². The Morgan fingerprint density at radius 2 is 0.900 bits per heavy atom. The van der Waals surface area contributed by atoms with E-state index in [1.165, 1.54) is 0 Å². The molecule has 0 aromatic carbocycles. The number of hydrogen-bond acceptors (Lipinski definition) is 3. The Kier molecular flexibility index (Phi) is 4.17. The topological polar surface area (TPSA) is 27.7 Å². The van der Waals surface area contributed by atoms with E-state index >= 15 is 0 Å². The van der Waals surface area contributed by atoms with E-state index in [0.717, 1.165) is 0 Å². The van der Waals surface area contributed by atoms with Gasteiger partial charge in [-0.1, -0.05) is 0 Å². The standard InChI is InChI=1S/C3H9B3O3.BH3/c1-4-7-5(2)9-6(3)8-4;/h1-3H3;1H3.